The molecule has 0 bridgehead atoms. The third kappa shape index (κ3) is 2.65. The Morgan fingerprint density at radius 2 is 2.38 bits per heavy atom. The molecule has 0 saturated carbocycles. The Balaban J connectivity index is 1.75. The van der Waals surface area contributed by atoms with E-state index in [1.807, 2.05) is 23.2 Å². The predicted octanol–water partition coefficient (Wildman–Crippen LogP) is 1.69. The molecule has 0 aromatic carbocycles. The summed E-state index contributed by atoms with van der Waals surface area (Å²) in [6, 6.07) is 4.06. The second-order valence-electron chi connectivity index (χ2n) is 6.59. The van der Waals surface area contributed by atoms with Gasteiger partial charge in [0.15, 0.2) is 0 Å². The summed E-state index contributed by atoms with van der Waals surface area (Å²) in [5.74, 6) is 0.166. The van der Waals surface area contributed by atoms with E-state index in [4.69, 9.17) is 5.73 Å². The second-order valence-corrected chi connectivity index (χ2v) is 6.59. The minimum absolute atomic E-state index is 0.0182. The molecule has 21 heavy (non-hydrogen) atoms. The van der Waals surface area contributed by atoms with E-state index < -0.39 is 0 Å². The van der Waals surface area contributed by atoms with Crippen molar-refractivity contribution >= 4 is 16.9 Å². The molecule has 1 atom stereocenters. The van der Waals surface area contributed by atoms with Crippen molar-refractivity contribution in [1.29, 1.82) is 0 Å². The SMILES string of the molecule is CC1(C)CN(C(=O)Cc2c[nH]c3ncccc23)CCC1N. The second kappa shape index (κ2) is 5.15. The van der Waals surface area contributed by atoms with Crippen molar-refractivity contribution in [3.05, 3.63) is 30.1 Å². The summed E-state index contributed by atoms with van der Waals surface area (Å²) in [7, 11) is 0. The Bertz CT molecular complexity index is 661. The molecule has 2 aromatic heterocycles. The largest absolute Gasteiger partial charge is 0.346 e. The number of hydrogen-bond donors (Lipinski definition) is 2. The first-order valence-electron chi connectivity index (χ1n) is 7.42. The number of hydrogen-bond acceptors (Lipinski definition) is 3. The van der Waals surface area contributed by atoms with Crippen LogP contribution in [0.15, 0.2) is 24.5 Å². The van der Waals surface area contributed by atoms with Gasteiger partial charge in [0.05, 0.1) is 6.42 Å². The van der Waals surface area contributed by atoms with Crippen LogP contribution in [0.4, 0.5) is 0 Å². The van der Waals surface area contributed by atoms with Crippen LogP contribution < -0.4 is 5.73 Å². The molecule has 5 nitrogen and oxygen atoms in total. The Kier molecular flexibility index (Phi) is 3.45. The highest BCUT2D eigenvalue weighted by atomic mass is 16.2. The molecule has 0 aliphatic carbocycles. The summed E-state index contributed by atoms with van der Waals surface area (Å²) < 4.78 is 0. The van der Waals surface area contributed by atoms with Crippen LogP contribution in [0.3, 0.4) is 0 Å². The maximum atomic E-state index is 12.6. The van der Waals surface area contributed by atoms with E-state index >= 15 is 0 Å². The number of aromatic nitrogens is 2. The molecule has 3 heterocycles. The van der Waals surface area contributed by atoms with Crippen molar-refractivity contribution in [2.75, 3.05) is 13.1 Å². The number of pyridine rings is 1. The van der Waals surface area contributed by atoms with E-state index in [1.165, 1.54) is 0 Å². The summed E-state index contributed by atoms with van der Waals surface area (Å²) in [5, 5.41) is 1.03. The lowest BCUT2D eigenvalue weighted by Crippen LogP contribution is -2.54. The van der Waals surface area contributed by atoms with E-state index in [9.17, 15) is 4.79 Å². The van der Waals surface area contributed by atoms with Crippen molar-refractivity contribution < 1.29 is 4.79 Å². The van der Waals surface area contributed by atoms with E-state index in [-0.39, 0.29) is 17.4 Å². The van der Waals surface area contributed by atoms with Gasteiger partial charge in [-0.15, -0.1) is 0 Å². The lowest BCUT2D eigenvalue weighted by Gasteiger charge is -2.42. The summed E-state index contributed by atoms with van der Waals surface area (Å²) in [5.41, 5.74) is 7.96. The standard InChI is InChI=1S/C16H22N4O/c1-16(2)10-20(7-5-13(16)17)14(21)8-11-9-19-15-12(11)4-3-6-18-15/h3-4,6,9,13H,5,7-8,10,17H2,1-2H3,(H,18,19). The van der Waals surface area contributed by atoms with E-state index in [0.717, 1.165) is 36.1 Å². The maximum absolute atomic E-state index is 12.6. The van der Waals surface area contributed by atoms with Gasteiger partial charge in [-0.25, -0.2) is 4.98 Å². The van der Waals surface area contributed by atoms with Crippen LogP contribution >= 0.6 is 0 Å². The van der Waals surface area contributed by atoms with Gasteiger partial charge in [0.25, 0.3) is 0 Å². The summed E-state index contributed by atoms with van der Waals surface area (Å²) in [6.07, 6.45) is 4.92. The number of nitrogens with one attached hydrogen (secondary N) is 1. The average Bonchev–Trinajstić information content (AvgIpc) is 2.85. The Labute approximate surface area is 124 Å². The van der Waals surface area contributed by atoms with Crippen molar-refractivity contribution in [2.45, 2.75) is 32.7 Å². The number of rotatable bonds is 2. The number of nitrogens with zero attached hydrogens (tertiary/aromatic N) is 2. The van der Waals surface area contributed by atoms with Gasteiger partial charge < -0.3 is 15.6 Å². The molecule has 1 amide bonds. The third-order valence-electron chi connectivity index (χ3n) is 4.54. The number of carbonyl (C=O) groups excluding carboxylic acids is 1. The van der Waals surface area contributed by atoms with Gasteiger partial charge in [0, 0.05) is 36.9 Å². The summed E-state index contributed by atoms with van der Waals surface area (Å²) in [6.45, 7) is 5.75. The number of carbonyl (C=O) groups is 1. The molecular weight excluding hydrogens is 264 g/mol. The topological polar surface area (TPSA) is 75.0 Å². The first-order valence-corrected chi connectivity index (χ1v) is 7.42. The molecule has 1 aliphatic heterocycles. The number of piperidine rings is 1. The minimum Gasteiger partial charge on any atom is -0.346 e. The molecule has 112 valence electrons. The zero-order valence-electron chi connectivity index (χ0n) is 12.6. The van der Waals surface area contributed by atoms with Crippen molar-refractivity contribution in [3.63, 3.8) is 0 Å². The van der Waals surface area contributed by atoms with Crippen LogP contribution in [0.2, 0.25) is 0 Å². The number of likely N-dealkylation sites (tertiary alicyclic amines) is 1. The highest BCUT2D eigenvalue weighted by Crippen LogP contribution is 2.28. The number of amides is 1. The molecule has 3 N–H and O–H groups in total. The number of fused-ring (bicyclic) bond motifs is 1. The van der Waals surface area contributed by atoms with Crippen molar-refractivity contribution in [3.8, 4) is 0 Å². The Morgan fingerprint density at radius 3 is 3.14 bits per heavy atom. The van der Waals surface area contributed by atoms with Gasteiger partial charge in [-0.1, -0.05) is 13.8 Å². The maximum Gasteiger partial charge on any atom is 0.227 e. The highest BCUT2D eigenvalue weighted by Gasteiger charge is 2.35. The monoisotopic (exact) mass is 286 g/mol. The molecule has 0 spiro atoms. The Hall–Kier alpha value is -1.88. The van der Waals surface area contributed by atoms with E-state index in [2.05, 4.69) is 23.8 Å². The van der Waals surface area contributed by atoms with Crippen LogP contribution in [0, 0.1) is 5.41 Å². The highest BCUT2D eigenvalue weighted by molar-refractivity contribution is 5.87. The number of aromatic amines is 1. The predicted molar refractivity (Wildman–Crippen MR) is 82.8 cm³/mol. The molecule has 1 fully saturated rings. The van der Waals surface area contributed by atoms with Crippen molar-refractivity contribution in [2.24, 2.45) is 11.1 Å². The fourth-order valence-electron chi connectivity index (χ4n) is 3.02. The van der Waals surface area contributed by atoms with Gasteiger partial charge >= 0.3 is 0 Å². The van der Waals surface area contributed by atoms with E-state index in [0.29, 0.717) is 6.42 Å². The lowest BCUT2D eigenvalue weighted by atomic mass is 9.79. The summed E-state index contributed by atoms with van der Waals surface area (Å²) >= 11 is 0. The van der Waals surface area contributed by atoms with Crippen LogP contribution in [0.1, 0.15) is 25.8 Å². The zero-order valence-corrected chi connectivity index (χ0v) is 12.6. The lowest BCUT2D eigenvalue weighted by molar-refractivity contribution is -0.133. The quantitative estimate of drug-likeness (QED) is 0.882. The fraction of sp³-hybridized carbons (Fsp3) is 0.500. The first-order chi connectivity index (χ1) is 9.97. The van der Waals surface area contributed by atoms with Gasteiger partial charge in [-0.05, 0) is 29.5 Å². The van der Waals surface area contributed by atoms with Gasteiger partial charge in [-0.2, -0.15) is 0 Å². The molecule has 2 aromatic rings. The van der Waals surface area contributed by atoms with Gasteiger partial charge in [-0.3, -0.25) is 4.79 Å². The summed E-state index contributed by atoms with van der Waals surface area (Å²) in [4.78, 5) is 21.9. The Morgan fingerprint density at radius 1 is 1.57 bits per heavy atom. The van der Waals surface area contributed by atoms with Gasteiger partial charge in [0.1, 0.15) is 5.65 Å². The number of H-pyrrole nitrogens is 1. The molecule has 1 saturated heterocycles. The molecule has 3 rings (SSSR count). The first kappa shape index (κ1) is 14.1. The molecule has 1 unspecified atom stereocenters. The van der Waals surface area contributed by atoms with Crippen LogP contribution in [-0.2, 0) is 11.2 Å². The molecule has 5 heteroatoms. The zero-order chi connectivity index (χ0) is 15.0. The molecule has 1 aliphatic rings. The van der Waals surface area contributed by atoms with Crippen molar-refractivity contribution in [1.82, 2.24) is 14.9 Å². The van der Waals surface area contributed by atoms with Gasteiger partial charge in [0.2, 0.25) is 5.91 Å². The minimum atomic E-state index is -0.0182. The van der Waals surface area contributed by atoms with Crippen LogP contribution in [-0.4, -0.2) is 39.9 Å². The molecule has 0 radical (unpaired) electrons. The van der Waals surface area contributed by atoms with E-state index in [1.54, 1.807) is 6.20 Å². The van der Waals surface area contributed by atoms with Crippen LogP contribution in [0.5, 0.6) is 0 Å². The fourth-order valence-corrected chi connectivity index (χ4v) is 3.02. The smallest absolute Gasteiger partial charge is 0.227 e. The third-order valence-corrected chi connectivity index (χ3v) is 4.54. The average molecular weight is 286 g/mol. The normalized spacial score (nSPS) is 21.7. The number of nitrogens with two attached hydrogens (primary N) is 1. The van der Waals surface area contributed by atoms with Crippen LogP contribution in [0.25, 0.3) is 11.0 Å². The molecular formula is C16H22N4O.